The van der Waals surface area contributed by atoms with E-state index in [0.717, 1.165) is 0 Å². The van der Waals surface area contributed by atoms with Crippen molar-refractivity contribution in [2.45, 2.75) is 243 Å². The van der Waals surface area contributed by atoms with E-state index >= 15 is 0 Å². The number of hydrogen-bond donors (Lipinski definition) is 2. The van der Waals surface area contributed by atoms with Crippen LogP contribution in [0, 0.1) is 51.0 Å². The summed E-state index contributed by atoms with van der Waals surface area (Å²) in [6, 6.07) is 12.8. The number of pyridine rings is 4. The minimum absolute atomic E-state index is 0.0266. The van der Waals surface area contributed by atoms with Gasteiger partial charge in [-0.25, -0.2) is 75.9 Å². The van der Waals surface area contributed by atoms with Crippen LogP contribution >= 0.6 is 0 Å². The molecule has 0 bridgehead atoms. The van der Waals surface area contributed by atoms with Crippen molar-refractivity contribution < 1.29 is 133 Å². The van der Waals surface area contributed by atoms with E-state index in [0.29, 0.717) is 89.0 Å². The predicted octanol–water partition coefficient (Wildman–Crippen LogP) is 14.0. The molecular formula is C92H104F4N8O24. The lowest BCUT2D eigenvalue weighted by molar-refractivity contribution is -0.146. The number of amides is 4. The summed E-state index contributed by atoms with van der Waals surface area (Å²) in [5, 5.41) is 23.9. The zero-order chi connectivity index (χ0) is 93.7. The summed E-state index contributed by atoms with van der Waals surface area (Å²) in [6.07, 6.45) is -4.28. The molecule has 684 valence electrons. The third-order valence-electron chi connectivity index (χ3n) is 23.0. The van der Waals surface area contributed by atoms with Crippen molar-refractivity contribution in [1.29, 1.82) is 0 Å². The molecule has 8 aliphatic rings. The molecule has 4 fully saturated rings. The van der Waals surface area contributed by atoms with Gasteiger partial charge in [0.25, 0.3) is 0 Å². The van der Waals surface area contributed by atoms with E-state index in [1.807, 2.05) is 0 Å². The Hall–Kier alpha value is -12.3. The number of carbonyl (C=O) groups is 10. The summed E-state index contributed by atoms with van der Waals surface area (Å²) < 4.78 is 122. The maximum Gasteiger partial charge on any atom is 0.411 e. The zero-order valence-electron chi connectivity index (χ0n) is 74.8. The molecule has 4 aromatic heterocycles. The van der Waals surface area contributed by atoms with Crippen molar-refractivity contribution in [3.05, 3.63) is 141 Å². The van der Waals surface area contributed by atoms with Crippen LogP contribution in [-0.2, 0) is 57.1 Å². The number of aliphatic hydroxyl groups excluding tert-OH is 2. The van der Waals surface area contributed by atoms with Crippen molar-refractivity contribution in [2.24, 2.45) is 0 Å². The Morgan fingerprint density at radius 1 is 0.359 bits per heavy atom. The standard InChI is InChI=1S/2C23H27FN2O6.2C23H25FN2O6/c4*1-12-19-18(14-8-13(24)6-7-15(14)25-12)17(27)10-23(31-19)9-16(20(28)30-5)26(11-23)21(29)32-22(2,3)4/h2*6-8,16-17,27H,9-11H2,1-5H3;2*6-8,16H,9-11H2,1-5H3/t16-,17?,23+;16-,17?,23-;16-,23+;16-,23-/m0000/s1. The highest BCUT2D eigenvalue weighted by Gasteiger charge is 2.61. The number of halogens is 4. The largest absolute Gasteiger partial charge is 0.483 e. The summed E-state index contributed by atoms with van der Waals surface area (Å²) in [5.74, 6) is -3.63. The molecule has 8 aliphatic heterocycles. The van der Waals surface area contributed by atoms with Crippen LogP contribution in [0.1, 0.15) is 201 Å². The second-order valence-corrected chi connectivity index (χ2v) is 37.5. The highest BCUT2D eigenvalue weighted by molar-refractivity contribution is 6.12. The Morgan fingerprint density at radius 3 is 0.844 bits per heavy atom. The number of aromatic nitrogens is 4. The van der Waals surface area contributed by atoms with E-state index in [-0.39, 0.29) is 112 Å². The Labute approximate surface area is 734 Å². The smallest absolute Gasteiger partial charge is 0.411 e. The van der Waals surface area contributed by atoms with Crippen LogP contribution in [0.2, 0.25) is 0 Å². The number of Topliss-reactive ketones (excluding diaryl/α,β-unsaturated/α-hetero) is 2. The Kier molecular flexibility index (Phi) is 25.0. The topological polar surface area (TPSA) is 386 Å². The van der Waals surface area contributed by atoms with Gasteiger partial charge in [0.15, 0.2) is 23.1 Å². The lowest BCUT2D eigenvalue weighted by Gasteiger charge is -2.39. The number of ether oxygens (including phenoxy) is 12. The van der Waals surface area contributed by atoms with Gasteiger partial charge in [-0.1, -0.05) is 0 Å². The molecule has 0 saturated carbocycles. The lowest BCUT2D eigenvalue weighted by Crippen LogP contribution is -2.47. The average molecular weight is 1780 g/mol. The highest BCUT2D eigenvalue weighted by atomic mass is 19.1. The molecular weight excluding hydrogens is 1680 g/mol. The molecule has 0 radical (unpaired) electrons. The van der Waals surface area contributed by atoms with Gasteiger partial charge in [0.2, 0.25) is 0 Å². The number of methoxy groups -OCH3 is 4. The van der Waals surface area contributed by atoms with Crippen molar-refractivity contribution in [3.63, 3.8) is 0 Å². The van der Waals surface area contributed by atoms with Gasteiger partial charge >= 0.3 is 48.3 Å². The molecule has 2 unspecified atom stereocenters. The van der Waals surface area contributed by atoms with Gasteiger partial charge in [-0.15, -0.1) is 0 Å². The van der Waals surface area contributed by atoms with Crippen molar-refractivity contribution >= 4 is 103 Å². The molecule has 0 aliphatic carbocycles. The number of aryl methyl sites for hydroxylation is 4. The summed E-state index contributed by atoms with van der Waals surface area (Å²) in [6.45, 7) is 27.6. The number of aliphatic hydroxyl groups is 2. The maximum absolute atomic E-state index is 13.9. The van der Waals surface area contributed by atoms with E-state index in [2.05, 4.69) is 19.9 Å². The number of likely N-dealkylation sites (tertiary alicyclic amines) is 4. The molecule has 2 N–H and O–H groups in total. The second-order valence-electron chi connectivity index (χ2n) is 37.5. The van der Waals surface area contributed by atoms with Gasteiger partial charge in [-0.2, -0.15) is 0 Å². The summed E-state index contributed by atoms with van der Waals surface area (Å²) in [7, 11) is 4.97. The molecule has 36 heteroatoms. The third-order valence-corrected chi connectivity index (χ3v) is 23.0. The van der Waals surface area contributed by atoms with Crippen LogP contribution in [0.3, 0.4) is 0 Å². The number of esters is 4. The number of nitrogens with zero attached hydrogens (tertiary/aromatic N) is 8. The Morgan fingerprint density at radius 2 is 0.586 bits per heavy atom. The molecule has 4 saturated heterocycles. The summed E-state index contributed by atoms with van der Waals surface area (Å²) >= 11 is 0. The van der Waals surface area contributed by atoms with E-state index in [9.17, 15) is 75.7 Å². The number of ketones is 2. The molecule has 4 amide bonds. The number of fused-ring (bicyclic) bond motifs is 12. The lowest BCUT2D eigenvalue weighted by atomic mass is 9.85. The van der Waals surface area contributed by atoms with E-state index < -0.39 is 153 Å². The number of hydrogen-bond acceptors (Lipinski definition) is 28. The summed E-state index contributed by atoms with van der Waals surface area (Å²) in [5.41, 5.74) is -1.89. The molecule has 128 heavy (non-hydrogen) atoms. The third kappa shape index (κ3) is 19.0. The first-order chi connectivity index (χ1) is 59.7. The monoisotopic (exact) mass is 1780 g/mol. The first-order valence-corrected chi connectivity index (χ1v) is 41.6. The van der Waals surface area contributed by atoms with Gasteiger partial charge in [0, 0.05) is 71.2 Å². The highest BCUT2D eigenvalue weighted by Crippen LogP contribution is 2.53. The van der Waals surface area contributed by atoms with Gasteiger partial charge < -0.3 is 67.1 Å². The quantitative estimate of drug-likeness (QED) is 0.0938. The first kappa shape index (κ1) is 93.3. The van der Waals surface area contributed by atoms with Crippen LogP contribution in [0.4, 0.5) is 36.7 Å². The normalized spacial score (nSPS) is 23.8. The van der Waals surface area contributed by atoms with E-state index in [4.69, 9.17) is 56.8 Å². The van der Waals surface area contributed by atoms with Gasteiger partial charge in [-0.05, 0) is 184 Å². The first-order valence-electron chi connectivity index (χ1n) is 41.6. The Bertz CT molecular complexity index is 5540. The number of carbonyl (C=O) groups excluding carboxylic acids is 10. The van der Waals surface area contributed by atoms with Gasteiger partial charge in [0.05, 0.1) is 136 Å². The van der Waals surface area contributed by atoms with Crippen LogP contribution < -0.4 is 18.9 Å². The van der Waals surface area contributed by atoms with Crippen molar-refractivity contribution in [3.8, 4) is 23.0 Å². The molecule has 8 aromatic rings. The second kappa shape index (κ2) is 34.3. The summed E-state index contributed by atoms with van der Waals surface area (Å²) in [4.78, 5) is 151. The number of benzene rings is 4. The van der Waals surface area contributed by atoms with Crippen LogP contribution in [0.25, 0.3) is 43.6 Å². The number of rotatable bonds is 4. The minimum Gasteiger partial charge on any atom is -0.483 e. The predicted molar refractivity (Wildman–Crippen MR) is 450 cm³/mol. The van der Waals surface area contributed by atoms with Crippen molar-refractivity contribution in [1.82, 2.24) is 39.5 Å². The van der Waals surface area contributed by atoms with E-state index in [1.54, 1.807) is 123 Å². The van der Waals surface area contributed by atoms with Crippen LogP contribution in [0.15, 0.2) is 72.8 Å². The maximum atomic E-state index is 13.9. The van der Waals surface area contributed by atoms with E-state index in [1.165, 1.54) is 109 Å². The van der Waals surface area contributed by atoms with Gasteiger partial charge in [-0.3, -0.25) is 29.2 Å². The van der Waals surface area contributed by atoms with Gasteiger partial charge in [0.1, 0.15) is 104 Å². The fraction of sp³-hybridized carbons (Fsp3) is 0.500. The zero-order valence-corrected chi connectivity index (χ0v) is 74.8. The minimum atomic E-state index is -1.15. The SMILES string of the molecule is COC(=O)[C@@H]1C[C@@]2(CC(=O)c3c(c(C)nc4ccc(F)cc34)O2)CN1C(=O)OC(C)(C)C.COC(=O)[C@@H]1C[C@@]2(CC(O)c3c(c(C)nc4ccc(F)cc34)O2)CN1C(=O)OC(C)(C)C.COC(=O)[C@@H]1C[C@]2(CC(=O)c3c(c(C)nc4ccc(F)cc34)O2)CN1C(=O)OC(C)(C)C.COC(=O)[C@@H]1C[C@]2(CC(O)c3c(c(C)nc4ccc(F)cc34)O2)CN1C(=O)OC(C)(C)C. The fourth-order valence-corrected chi connectivity index (χ4v) is 17.9. The molecule has 16 rings (SSSR count). The molecule has 32 nitrogen and oxygen atoms in total. The van der Waals surface area contributed by atoms with Crippen LogP contribution in [-0.4, -0.2) is 233 Å². The molecule has 10 atom stereocenters. The fourth-order valence-electron chi connectivity index (χ4n) is 17.9. The van der Waals surface area contributed by atoms with Crippen molar-refractivity contribution in [2.75, 3.05) is 54.6 Å². The average Bonchev–Trinajstić information content (AvgIpc) is 1.45. The van der Waals surface area contributed by atoms with Crippen LogP contribution in [0.5, 0.6) is 23.0 Å². The molecule has 12 heterocycles. The molecule has 4 aromatic carbocycles. The Balaban J connectivity index is 0.000000146. The molecule has 4 spiro atoms.